The van der Waals surface area contributed by atoms with E-state index in [4.69, 9.17) is 4.74 Å². The average molecular weight is 632 g/mol. The quantitative estimate of drug-likeness (QED) is 0.242. The maximum Gasteiger partial charge on any atom is 0.340 e. The number of ether oxygens (including phenoxy) is 1. The fourth-order valence-electron chi connectivity index (χ4n) is 5.45. The van der Waals surface area contributed by atoms with E-state index in [0.29, 0.717) is 34.6 Å². The van der Waals surface area contributed by atoms with Gasteiger partial charge >= 0.3 is 11.9 Å². The Morgan fingerprint density at radius 1 is 0.865 bits per heavy atom. The number of carboxylic acid groups (broad SMARTS) is 1. The van der Waals surface area contributed by atoms with Crippen molar-refractivity contribution in [1.82, 2.24) is 0 Å². The van der Waals surface area contributed by atoms with E-state index in [1.807, 2.05) is 27.7 Å². The molecule has 4 rings (SSSR count). The number of aryl methyl sites for hydroxylation is 2. The Morgan fingerprint density at radius 3 is 1.76 bits per heavy atom. The third-order valence-electron chi connectivity index (χ3n) is 7.21. The summed E-state index contributed by atoms with van der Waals surface area (Å²) in [6.07, 6.45) is 2.53. The number of hydrogen-bond donors (Lipinski definition) is 3. The number of rotatable bonds is 7. The number of cyclic esters (lactones) is 1. The lowest BCUT2D eigenvalue weighted by atomic mass is 9.75. The Morgan fingerprint density at radius 2 is 1.35 bits per heavy atom. The number of phenolic OH excluding ortho intramolecular Hbond substituents is 2. The van der Waals surface area contributed by atoms with Crippen LogP contribution in [0.2, 0.25) is 0 Å². The summed E-state index contributed by atoms with van der Waals surface area (Å²) in [6.45, 7) is 7.90. The molecule has 0 unspecified atom stereocenters. The first-order valence-corrected chi connectivity index (χ1v) is 13.8. The average Bonchev–Trinajstić information content (AvgIpc) is 3.19. The molecule has 0 bridgehead atoms. The molecule has 0 spiro atoms. The van der Waals surface area contributed by atoms with Crippen LogP contribution in [0.25, 0.3) is 0 Å². The number of fused-ring (bicyclic) bond motifs is 1. The number of benzene rings is 3. The van der Waals surface area contributed by atoms with Gasteiger partial charge in [0.2, 0.25) is 0 Å². The van der Waals surface area contributed by atoms with E-state index in [1.54, 1.807) is 12.1 Å². The predicted octanol–water partition coefficient (Wildman–Crippen LogP) is 7.03. The Balaban J connectivity index is 2.29. The molecule has 0 radical (unpaired) electrons. The lowest BCUT2D eigenvalue weighted by Gasteiger charge is -2.34. The minimum absolute atomic E-state index is 0.0705. The molecule has 1 heterocycles. The lowest BCUT2D eigenvalue weighted by molar-refractivity contribution is 0.0233. The van der Waals surface area contributed by atoms with Crippen molar-refractivity contribution in [3.63, 3.8) is 0 Å². The van der Waals surface area contributed by atoms with Gasteiger partial charge in [0.25, 0.3) is 0 Å². The molecule has 0 fully saturated rings. The van der Waals surface area contributed by atoms with Crippen molar-refractivity contribution in [3.8, 4) is 11.5 Å². The molecule has 0 aliphatic carbocycles. The zero-order valence-electron chi connectivity index (χ0n) is 21.0. The first kappa shape index (κ1) is 27.2. The summed E-state index contributed by atoms with van der Waals surface area (Å²) in [4.78, 5) is 25.8. The van der Waals surface area contributed by atoms with E-state index >= 15 is 0 Å². The highest BCUT2D eigenvalue weighted by Crippen LogP contribution is 2.56. The topological polar surface area (TPSA) is 104 Å². The number of aromatic carboxylic acids is 1. The van der Waals surface area contributed by atoms with Crippen LogP contribution in [0.3, 0.4) is 0 Å². The van der Waals surface area contributed by atoms with Gasteiger partial charge in [0, 0.05) is 16.7 Å². The van der Waals surface area contributed by atoms with Crippen molar-refractivity contribution in [3.05, 3.63) is 89.3 Å². The Bertz CT molecular complexity index is 1380. The Kier molecular flexibility index (Phi) is 7.45. The number of carboxylic acids is 1. The fourth-order valence-corrected chi connectivity index (χ4v) is 6.94. The molecular weight excluding hydrogens is 604 g/mol. The highest BCUT2D eigenvalue weighted by atomic mass is 79.9. The number of aromatic hydroxyl groups is 2. The first-order valence-electron chi connectivity index (χ1n) is 12.3. The van der Waals surface area contributed by atoms with Gasteiger partial charge in [-0.2, -0.15) is 0 Å². The summed E-state index contributed by atoms with van der Waals surface area (Å²) in [6, 6.07) is 7.91. The molecule has 37 heavy (non-hydrogen) atoms. The summed E-state index contributed by atoms with van der Waals surface area (Å²) >= 11 is 7.07. The van der Waals surface area contributed by atoms with Gasteiger partial charge in [-0.25, -0.2) is 9.59 Å². The zero-order chi connectivity index (χ0) is 27.2. The van der Waals surface area contributed by atoms with Crippen molar-refractivity contribution in [2.24, 2.45) is 0 Å². The van der Waals surface area contributed by atoms with E-state index in [1.165, 1.54) is 18.2 Å². The molecule has 0 atom stereocenters. The summed E-state index contributed by atoms with van der Waals surface area (Å²) in [5.41, 5.74) is 2.06. The standard InChI is InChI=1S/C29H28Br2O6/c1-5-14-12-20(25(32)23(30)16(14)7-3)29(21-13-15(6-2)17(8-4)24(31)26(21)33)22-18(27(34)35)10-9-11-19(22)28(36)37-29/h9-13,32-33H,5-8H2,1-4H3,(H,34,35). The summed E-state index contributed by atoms with van der Waals surface area (Å²) < 4.78 is 7.03. The van der Waals surface area contributed by atoms with Gasteiger partial charge in [-0.15, -0.1) is 0 Å². The normalized spacial score (nSPS) is 13.9. The van der Waals surface area contributed by atoms with Crippen LogP contribution in [0.15, 0.2) is 39.3 Å². The Hall–Kier alpha value is -2.84. The zero-order valence-corrected chi connectivity index (χ0v) is 24.2. The summed E-state index contributed by atoms with van der Waals surface area (Å²) in [5, 5.41) is 33.3. The second-order valence-corrected chi connectivity index (χ2v) is 10.6. The van der Waals surface area contributed by atoms with E-state index in [2.05, 4.69) is 31.9 Å². The van der Waals surface area contributed by atoms with Crippen molar-refractivity contribution < 1.29 is 29.6 Å². The molecule has 3 N–H and O–H groups in total. The molecule has 1 aliphatic rings. The van der Waals surface area contributed by atoms with Crippen LogP contribution in [0.5, 0.6) is 11.5 Å². The number of phenols is 2. The van der Waals surface area contributed by atoms with Gasteiger partial charge in [0.1, 0.15) is 11.5 Å². The minimum atomic E-state index is -1.91. The molecule has 3 aromatic rings. The van der Waals surface area contributed by atoms with E-state index in [9.17, 15) is 24.9 Å². The number of halogens is 2. The van der Waals surface area contributed by atoms with Crippen LogP contribution in [0, 0.1) is 0 Å². The molecule has 8 heteroatoms. The van der Waals surface area contributed by atoms with E-state index in [-0.39, 0.29) is 39.3 Å². The summed E-state index contributed by atoms with van der Waals surface area (Å²) in [7, 11) is 0. The molecular formula is C29H28Br2O6. The second-order valence-electron chi connectivity index (χ2n) is 8.97. The number of hydrogen-bond acceptors (Lipinski definition) is 5. The molecule has 0 saturated carbocycles. The van der Waals surface area contributed by atoms with Crippen molar-refractivity contribution >= 4 is 43.8 Å². The molecule has 0 amide bonds. The monoisotopic (exact) mass is 630 g/mol. The smallest absolute Gasteiger partial charge is 0.340 e. The SMILES string of the molecule is CCc1cc(C2(c3cc(CC)c(CC)c(Br)c3O)OC(=O)c3cccc(C(=O)O)c32)c(O)c(Br)c1CC. The Labute approximate surface area is 232 Å². The van der Waals surface area contributed by atoms with Crippen LogP contribution in [0.1, 0.15) is 87.4 Å². The predicted molar refractivity (Wildman–Crippen MR) is 148 cm³/mol. The highest BCUT2D eigenvalue weighted by molar-refractivity contribution is 9.11. The van der Waals surface area contributed by atoms with Gasteiger partial charge in [-0.05, 0) is 104 Å². The van der Waals surface area contributed by atoms with Crippen LogP contribution in [0.4, 0.5) is 0 Å². The first-order chi connectivity index (χ1) is 17.6. The molecule has 3 aromatic carbocycles. The van der Waals surface area contributed by atoms with E-state index < -0.39 is 17.5 Å². The van der Waals surface area contributed by atoms with Crippen LogP contribution in [-0.2, 0) is 36.0 Å². The van der Waals surface area contributed by atoms with Gasteiger partial charge in [0.15, 0.2) is 5.60 Å². The number of esters is 1. The van der Waals surface area contributed by atoms with E-state index in [0.717, 1.165) is 22.3 Å². The van der Waals surface area contributed by atoms with Crippen LogP contribution < -0.4 is 0 Å². The lowest BCUT2D eigenvalue weighted by Crippen LogP contribution is -2.32. The van der Waals surface area contributed by atoms with Crippen molar-refractivity contribution in [1.29, 1.82) is 0 Å². The number of carbonyl (C=O) groups is 2. The van der Waals surface area contributed by atoms with Gasteiger partial charge in [-0.1, -0.05) is 33.8 Å². The largest absolute Gasteiger partial charge is 0.506 e. The fraction of sp³-hybridized carbons (Fsp3) is 0.310. The third-order valence-corrected chi connectivity index (χ3v) is 8.92. The van der Waals surface area contributed by atoms with Gasteiger partial charge < -0.3 is 20.1 Å². The molecule has 0 aromatic heterocycles. The minimum Gasteiger partial charge on any atom is -0.506 e. The second kappa shape index (κ2) is 10.1. The molecule has 0 saturated heterocycles. The summed E-state index contributed by atoms with van der Waals surface area (Å²) in [5.74, 6) is -2.34. The third kappa shape index (κ3) is 3.96. The van der Waals surface area contributed by atoms with Gasteiger partial charge in [-0.3, -0.25) is 0 Å². The number of carbonyl (C=O) groups excluding carboxylic acids is 1. The highest BCUT2D eigenvalue weighted by Gasteiger charge is 2.54. The molecule has 1 aliphatic heterocycles. The molecule has 6 nitrogen and oxygen atoms in total. The maximum absolute atomic E-state index is 13.3. The molecule has 194 valence electrons. The van der Waals surface area contributed by atoms with Crippen LogP contribution in [-0.4, -0.2) is 27.3 Å². The van der Waals surface area contributed by atoms with Crippen molar-refractivity contribution in [2.75, 3.05) is 0 Å². The van der Waals surface area contributed by atoms with Gasteiger partial charge in [0.05, 0.1) is 20.1 Å². The van der Waals surface area contributed by atoms with Crippen molar-refractivity contribution in [2.45, 2.75) is 59.0 Å². The van der Waals surface area contributed by atoms with Crippen LogP contribution >= 0.6 is 31.9 Å². The maximum atomic E-state index is 13.3.